The molecule has 0 aliphatic carbocycles. The van der Waals surface area contributed by atoms with Gasteiger partial charge in [-0.25, -0.2) is 0 Å². The van der Waals surface area contributed by atoms with Crippen LogP contribution in [0.3, 0.4) is 0 Å². The molecule has 1 amide bonds. The van der Waals surface area contributed by atoms with Gasteiger partial charge >= 0.3 is 0 Å². The second-order valence-corrected chi connectivity index (χ2v) is 6.34. The SMILES string of the molecule is N=C(N)c1ccc(-c2oc(C(N)=NO)c(C(N)=O)c2-c2ccc(C(=N)N)cc2)cc1. The molecule has 0 atom stereocenters. The second-order valence-electron chi connectivity index (χ2n) is 6.34. The van der Waals surface area contributed by atoms with Crippen molar-refractivity contribution in [3.05, 3.63) is 71.0 Å². The minimum Gasteiger partial charge on any atom is -0.451 e. The van der Waals surface area contributed by atoms with Gasteiger partial charge in [-0.1, -0.05) is 53.7 Å². The van der Waals surface area contributed by atoms with Crippen molar-refractivity contribution in [1.29, 1.82) is 10.8 Å². The summed E-state index contributed by atoms with van der Waals surface area (Å²) >= 11 is 0. The van der Waals surface area contributed by atoms with E-state index >= 15 is 0 Å². The van der Waals surface area contributed by atoms with E-state index in [2.05, 4.69) is 5.16 Å². The monoisotopic (exact) mass is 405 g/mol. The molecule has 0 bridgehead atoms. The van der Waals surface area contributed by atoms with Gasteiger partial charge in [0.1, 0.15) is 17.4 Å². The van der Waals surface area contributed by atoms with E-state index in [1.165, 1.54) is 0 Å². The highest BCUT2D eigenvalue weighted by molar-refractivity contribution is 6.13. The third-order valence-corrected chi connectivity index (χ3v) is 4.44. The van der Waals surface area contributed by atoms with Gasteiger partial charge in [0.2, 0.25) is 5.84 Å². The molecule has 3 aromatic rings. The molecule has 0 aliphatic rings. The van der Waals surface area contributed by atoms with Gasteiger partial charge < -0.3 is 32.6 Å². The minimum absolute atomic E-state index is 0.0634. The Labute approximate surface area is 170 Å². The van der Waals surface area contributed by atoms with Crippen LogP contribution in [-0.2, 0) is 0 Å². The largest absolute Gasteiger partial charge is 0.451 e. The number of furan rings is 1. The lowest BCUT2D eigenvalue weighted by atomic mass is 9.95. The number of nitrogen functional groups attached to an aromatic ring is 2. The Bertz CT molecular complexity index is 1180. The van der Waals surface area contributed by atoms with Crippen LogP contribution < -0.4 is 22.9 Å². The molecule has 0 spiro atoms. The van der Waals surface area contributed by atoms with Gasteiger partial charge in [0.05, 0.1) is 5.56 Å². The van der Waals surface area contributed by atoms with Gasteiger partial charge in [0.25, 0.3) is 5.91 Å². The molecule has 10 heteroatoms. The predicted molar refractivity (Wildman–Crippen MR) is 113 cm³/mol. The summed E-state index contributed by atoms with van der Waals surface area (Å²) in [5, 5.41) is 27.1. The molecule has 0 unspecified atom stereocenters. The number of benzene rings is 2. The molecule has 0 saturated carbocycles. The molecule has 0 saturated heterocycles. The average Bonchev–Trinajstić information content (AvgIpc) is 3.14. The normalized spacial score (nSPS) is 11.3. The van der Waals surface area contributed by atoms with Crippen LogP contribution in [0.2, 0.25) is 0 Å². The van der Waals surface area contributed by atoms with Crippen LogP contribution in [0.5, 0.6) is 0 Å². The summed E-state index contributed by atoms with van der Waals surface area (Å²) in [6.45, 7) is 0. The average molecular weight is 405 g/mol. The van der Waals surface area contributed by atoms with E-state index in [0.717, 1.165) is 0 Å². The van der Waals surface area contributed by atoms with Crippen molar-refractivity contribution < 1.29 is 14.4 Å². The fourth-order valence-corrected chi connectivity index (χ4v) is 2.99. The highest BCUT2D eigenvalue weighted by Crippen LogP contribution is 2.39. The maximum atomic E-state index is 12.3. The van der Waals surface area contributed by atoms with Gasteiger partial charge in [0.15, 0.2) is 5.76 Å². The molecule has 2 aromatic carbocycles. The first-order valence-corrected chi connectivity index (χ1v) is 8.58. The summed E-state index contributed by atoms with van der Waals surface area (Å²) in [4.78, 5) is 12.3. The van der Waals surface area contributed by atoms with Gasteiger partial charge in [0, 0.05) is 22.3 Å². The van der Waals surface area contributed by atoms with Crippen molar-refractivity contribution in [1.82, 2.24) is 0 Å². The molecule has 11 N–H and O–H groups in total. The van der Waals surface area contributed by atoms with Crippen LogP contribution >= 0.6 is 0 Å². The number of hydrogen-bond donors (Lipinski definition) is 7. The number of primary amides is 1. The molecule has 0 aliphatic heterocycles. The molecule has 0 radical (unpaired) electrons. The van der Waals surface area contributed by atoms with Crippen molar-refractivity contribution >= 4 is 23.4 Å². The molecule has 152 valence electrons. The van der Waals surface area contributed by atoms with Crippen LogP contribution in [0.25, 0.3) is 22.5 Å². The first-order chi connectivity index (χ1) is 14.2. The number of nitrogens with one attached hydrogen (secondary N) is 2. The first-order valence-electron chi connectivity index (χ1n) is 8.58. The molecule has 10 nitrogen and oxygen atoms in total. The molecular formula is C20H19N7O3. The van der Waals surface area contributed by atoms with Crippen molar-refractivity contribution in [3.63, 3.8) is 0 Å². The molecule has 0 fully saturated rings. The number of carbonyl (C=O) groups is 1. The van der Waals surface area contributed by atoms with Gasteiger partial charge in [-0.05, 0) is 5.56 Å². The number of amidine groups is 3. The summed E-state index contributed by atoms with van der Waals surface area (Å²) in [6, 6.07) is 13.1. The Kier molecular flexibility index (Phi) is 5.23. The van der Waals surface area contributed by atoms with Crippen LogP contribution in [0.15, 0.2) is 58.1 Å². The highest BCUT2D eigenvalue weighted by atomic mass is 16.4. The Morgan fingerprint density at radius 2 is 1.30 bits per heavy atom. The van der Waals surface area contributed by atoms with E-state index in [4.69, 9.17) is 43.4 Å². The fourth-order valence-electron chi connectivity index (χ4n) is 2.99. The summed E-state index contributed by atoms with van der Waals surface area (Å²) in [5.74, 6) is -1.40. The predicted octanol–water partition coefficient (Wildman–Crippen LogP) is 1.38. The van der Waals surface area contributed by atoms with E-state index in [0.29, 0.717) is 27.8 Å². The van der Waals surface area contributed by atoms with Crippen LogP contribution in [0.1, 0.15) is 27.2 Å². The minimum atomic E-state index is -0.836. The van der Waals surface area contributed by atoms with Crippen molar-refractivity contribution in [2.45, 2.75) is 0 Å². The zero-order valence-electron chi connectivity index (χ0n) is 15.6. The zero-order valence-corrected chi connectivity index (χ0v) is 15.6. The quantitative estimate of drug-likeness (QED) is 0.139. The van der Waals surface area contributed by atoms with Crippen LogP contribution in [0.4, 0.5) is 0 Å². The summed E-state index contributed by atoms with van der Waals surface area (Å²) in [6.07, 6.45) is 0. The zero-order chi connectivity index (χ0) is 22.0. The van der Waals surface area contributed by atoms with Gasteiger partial charge in [-0.2, -0.15) is 0 Å². The number of nitrogens with zero attached hydrogens (tertiary/aromatic N) is 1. The number of carbonyl (C=O) groups excluding carboxylic acids is 1. The van der Waals surface area contributed by atoms with Crippen LogP contribution in [0, 0.1) is 10.8 Å². The Hall–Kier alpha value is -4.60. The molecule has 3 rings (SSSR count). The third-order valence-electron chi connectivity index (χ3n) is 4.44. The number of hydrogen-bond acceptors (Lipinski definition) is 6. The second kappa shape index (κ2) is 7.80. The summed E-state index contributed by atoms with van der Waals surface area (Å²) < 4.78 is 5.81. The lowest BCUT2D eigenvalue weighted by Gasteiger charge is -2.07. The van der Waals surface area contributed by atoms with E-state index < -0.39 is 11.7 Å². The molecule has 30 heavy (non-hydrogen) atoms. The fraction of sp³-hybridized carbons (Fsp3) is 0. The topological polar surface area (TPSA) is 215 Å². The van der Waals surface area contributed by atoms with Gasteiger partial charge in [-0.15, -0.1) is 0 Å². The summed E-state index contributed by atoms with van der Waals surface area (Å²) in [5.41, 5.74) is 24.7. The third kappa shape index (κ3) is 3.56. The number of rotatable bonds is 6. The van der Waals surface area contributed by atoms with Crippen molar-refractivity contribution in [2.24, 2.45) is 28.1 Å². The number of nitrogens with two attached hydrogens (primary N) is 4. The van der Waals surface area contributed by atoms with Crippen molar-refractivity contribution in [3.8, 4) is 22.5 Å². The lowest BCUT2D eigenvalue weighted by molar-refractivity contribution is 0.1000. The van der Waals surface area contributed by atoms with E-state index in [1.807, 2.05) is 0 Å². The Balaban J connectivity index is 2.31. The Morgan fingerprint density at radius 1 is 0.833 bits per heavy atom. The summed E-state index contributed by atoms with van der Waals surface area (Å²) in [7, 11) is 0. The van der Waals surface area contributed by atoms with Gasteiger partial charge in [-0.3, -0.25) is 15.6 Å². The van der Waals surface area contributed by atoms with Crippen molar-refractivity contribution in [2.75, 3.05) is 0 Å². The lowest BCUT2D eigenvalue weighted by Crippen LogP contribution is -2.20. The number of amides is 1. The maximum absolute atomic E-state index is 12.3. The smallest absolute Gasteiger partial charge is 0.253 e. The van der Waals surface area contributed by atoms with E-state index in [9.17, 15) is 4.79 Å². The molecule has 1 heterocycles. The van der Waals surface area contributed by atoms with E-state index in [1.54, 1.807) is 48.5 Å². The molecular weight excluding hydrogens is 386 g/mol. The van der Waals surface area contributed by atoms with Crippen LogP contribution in [-0.4, -0.2) is 28.6 Å². The molecule has 1 aromatic heterocycles. The Morgan fingerprint density at radius 3 is 1.70 bits per heavy atom. The van der Waals surface area contributed by atoms with E-state index in [-0.39, 0.29) is 28.8 Å². The standard InChI is InChI=1S/C20H19N7O3/c21-17(22)11-5-1-9(2-6-11)13-14(20(26)28)16(19(25)27-29)30-15(13)10-3-7-12(8-4-10)18(23)24/h1-8,29H,(H3,21,22)(H3,23,24)(H2,25,27)(H2,26,28). The highest BCUT2D eigenvalue weighted by Gasteiger charge is 2.28. The first kappa shape index (κ1) is 20.1. The maximum Gasteiger partial charge on any atom is 0.253 e. The number of oxime groups is 1.